The second-order valence-electron chi connectivity index (χ2n) is 20.5. The average molecular weight is 960 g/mol. The first-order valence-electron chi connectivity index (χ1n) is 23.3. The first-order valence-corrected chi connectivity index (χ1v) is 24.1. The summed E-state index contributed by atoms with van der Waals surface area (Å²) >= 11 is 12.9. The summed E-state index contributed by atoms with van der Waals surface area (Å²) in [5.74, 6) is 4.36. The van der Waals surface area contributed by atoms with Gasteiger partial charge in [-0.3, -0.25) is 29.3 Å². The number of anilines is 2. The largest absolute Gasteiger partial charge is 0.495 e. The normalized spacial score (nSPS) is 27.0. The molecule has 2 spiro atoms. The molecule has 0 bridgehead atoms. The summed E-state index contributed by atoms with van der Waals surface area (Å²) < 4.78 is 22.2. The van der Waals surface area contributed by atoms with E-state index < -0.39 is 35.1 Å². The molecule has 12 nitrogen and oxygen atoms in total. The van der Waals surface area contributed by atoms with Crippen LogP contribution in [0, 0.1) is 34.4 Å². The number of carbonyl (C=O) groups is 5. The molecule has 6 aliphatic rings. The highest BCUT2D eigenvalue weighted by atomic mass is 35.5. The molecule has 5 amide bonds. The maximum Gasteiger partial charge on any atom is 0.255 e. The summed E-state index contributed by atoms with van der Waals surface area (Å²) in [5.41, 5.74) is 3.88. The minimum atomic E-state index is -0.901. The number of rotatable bonds is 7. The van der Waals surface area contributed by atoms with E-state index in [1.54, 1.807) is 42.5 Å². The standard InChI is InChI=1S/C53H53Cl2FN6O6/c1-51(2,3)25-42-53(27-57-39-23-32(54)15-16-36(39)53)44(34-10-6-11-37(55)45(34)56)46(59-42)48(65)58-38-17-13-30(22-41(38)68-4)49(66)61-21-7-20-52(28-61)24-31(52)14-12-29-8-5-9-33-35(29)26-62(50(33)67)40-18-19-43(63)60-47(40)64/h5-6,8-11,13,15-17,22-23,31,40,42,44,46,57,59H,7,18-21,24-28H2,1-4H3,(H,58,65)(H,60,63,64)/t31-,40-,42-,44-,46+,52+,53-/m0/s1. The summed E-state index contributed by atoms with van der Waals surface area (Å²) in [6.45, 7) is 8.25. The zero-order valence-electron chi connectivity index (χ0n) is 38.4. The molecule has 0 unspecified atom stereocenters. The zero-order chi connectivity index (χ0) is 47.9. The number of nitrogens with zero attached hydrogens (tertiary/aromatic N) is 2. The van der Waals surface area contributed by atoms with Crippen molar-refractivity contribution in [2.75, 3.05) is 37.4 Å². The van der Waals surface area contributed by atoms with Crippen molar-refractivity contribution in [3.8, 4) is 17.6 Å². The molecule has 3 saturated heterocycles. The van der Waals surface area contributed by atoms with Crippen LogP contribution < -0.4 is 26.0 Å². The van der Waals surface area contributed by atoms with E-state index in [2.05, 4.69) is 53.9 Å². The third-order valence-electron chi connectivity index (χ3n) is 15.1. The maximum absolute atomic E-state index is 16.3. The number of piperidine rings is 2. The minimum Gasteiger partial charge on any atom is -0.495 e. The second-order valence-corrected chi connectivity index (χ2v) is 21.4. The van der Waals surface area contributed by atoms with E-state index in [9.17, 15) is 24.0 Å². The van der Waals surface area contributed by atoms with Crippen molar-refractivity contribution in [3.63, 3.8) is 0 Å². The fourth-order valence-electron chi connectivity index (χ4n) is 11.8. The molecule has 7 atom stereocenters. The number of halogens is 3. The topological polar surface area (TPSA) is 149 Å². The van der Waals surface area contributed by atoms with Gasteiger partial charge in [-0.2, -0.15) is 0 Å². The Balaban J connectivity index is 0.864. The third kappa shape index (κ3) is 7.98. The quantitative estimate of drug-likeness (QED) is 0.108. The van der Waals surface area contributed by atoms with Crippen LogP contribution in [-0.4, -0.2) is 84.2 Å². The van der Waals surface area contributed by atoms with Crippen molar-refractivity contribution in [2.45, 2.75) is 95.3 Å². The number of imide groups is 1. The number of amides is 5. The summed E-state index contributed by atoms with van der Waals surface area (Å²) in [7, 11) is 1.49. The predicted octanol–water partition coefficient (Wildman–Crippen LogP) is 8.06. The van der Waals surface area contributed by atoms with Gasteiger partial charge < -0.3 is 30.5 Å². The van der Waals surface area contributed by atoms with Gasteiger partial charge in [-0.05, 0) is 103 Å². The lowest BCUT2D eigenvalue weighted by Gasteiger charge is -2.39. The first kappa shape index (κ1) is 45.8. The van der Waals surface area contributed by atoms with Crippen LogP contribution in [0.15, 0.2) is 72.8 Å². The van der Waals surface area contributed by atoms with E-state index in [1.807, 2.05) is 29.2 Å². The number of likely N-dealkylation sites (tertiary alicyclic amines) is 1. The molecule has 10 rings (SSSR count). The predicted molar refractivity (Wildman–Crippen MR) is 257 cm³/mol. The molecule has 68 heavy (non-hydrogen) atoms. The molecular weight excluding hydrogens is 907 g/mol. The SMILES string of the molecule is COc1cc(C(=O)N2CCC[C@@]3(C[C@@H]3C#Cc3cccc4c3CN([C@H]3CCC(=O)NC3=O)C4=O)C2)ccc1NC(=O)[C@@H]1N[C@@H](CC(C)(C)C)[C@@]2(CNc3cc(Cl)ccc32)[C@H]1c1cccc(Cl)c1F. The van der Waals surface area contributed by atoms with E-state index in [0.29, 0.717) is 59.2 Å². The summed E-state index contributed by atoms with van der Waals surface area (Å²) in [5, 5.41) is 13.2. The Labute approximate surface area is 405 Å². The van der Waals surface area contributed by atoms with Crippen molar-refractivity contribution < 1.29 is 33.1 Å². The molecule has 5 aliphatic heterocycles. The van der Waals surface area contributed by atoms with Gasteiger partial charge in [0, 0.05) is 88.7 Å². The van der Waals surface area contributed by atoms with Gasteiger partial charge in [0.15, 0.2) is 0 Å². The molecule has 352 valence electrons. The number of fused-ring (bicyclic) bond motifs is 3. The first-order chi connectivity index (χ1) is 32.5. The van der Waals surface area contributed by atoms with Crippen molar-refractivity contribution in [3.05, 3.63) is 122 Å². The zero-order valence-corrected chi connectivity index (χ0v) is 39.9. The molecule has 1 aliphatic carbocycles. The van der Waals surface area contributed by atoms with Crippen LogP contribution in [-0.2, 0) is 26.3 Å². The smallest absolute Gasteiger partial charge is 0.255 e. The molecule has 0 aromatic heterocycles. The lowest BCUT2D eigenvalue weighted by Crippen LogP contribution is -2.52. The van der Waals surface area contributed by atoms with Crippen LogP contribution in [0.5, 0.6) is 5.75 Å². The Kier molecular flexibility index (Phi) is 11.6. The van der Waals surface area contributed by atoms with E-state index in [0.717, 1.165) is 41.6 Å². The van der Waals surface area contributed by atoms with E-state index in [1.165, 1.54) is 18.1 Å². The lowest BCUT2D eigenvalue weighted by atomic mass is 9.63. The highest BCUT2D eigenvalue weighted by Crippen LogP contribution is 2.59. The van der Waals surface area contributed by atoms with Crippen molar-refractivity contribution in [1.82, 2.24) is 20.4 Å². The molecule has 4 aromatic carbocycles. The highest BCUT2D eigenvalue weighted by Gasteiger charge is 2.62. The van der Waals surface area contributed by atoms with Gasteiger partial charge in [0.2, 0.25) is 17.7 Å². The van der Waals surface area contributed by atoms with Crippen molar-refractivity contribution in [2.24, 2.45) is 16.7 Å². The van der Waals surface area contributed by atoms with Crippen LogP contribution in [0.3, 0.4) is 0 Å². The number of methoxy groups -OCH3 is 1. The Bertz CT molecular complexity index is 2870. The van der Waals surface area contributed by atoms with Crippen LogP contribution in [0.25, 0.3) is 0 Å². The van der Waals surface area contributed by atoms with Gasteiger partial charge in [0.1, 0.15) is 17.6 Å². The summed E-state index contributed by atoms with van der Waals surface area (Å²) in [6.07, 6.45) is 3.74. The number of hydrogen-bond acceptors (Lipinski definition) is 8. The van der Waals surface area contributed by atoms with Crippen LogP contribution >= 0.6 is 23.2 Å². The Morgan fingerprint density at radius 1 is 1.03 bits per heavy atom. The Morgan fingerprint density at radius 2 is 1.84 bits per heavy atom. The van der Waals surface area contributed by atoms with Gasteiger partial charge in [0.05, 0.1) is 23.9 Å². The van der Waals surface area contributed by atoms with Crippen molar-refractivity contribution in [1.29, 1.82) is 0 Å². The Morgan fingerprint density at radius 3 is 2.62 bits per heavy atom. The van der Waals surface area contributed by atoms with Gasteiger partial charge in [-0.25, -0.2) is 4.39 Å². The third-order valence-corrected chi connectivity index (χ3v) is 15.6. The monoisotopic (exact) mass is 958 g/mol. The molecule has 1 saturated carbocycles. The maximum atomic E-state index is 16.3. The van der Waals surface area contributed by atoms with Crippen molar-refractivity contribution >= 4 is 64.1 Å². The van der Waals surface area contributed by atoms with Gasteiger partial charge in [0.25, 0.3) is 11.8 Å². The molecule has 0 radical (unpaired) electrons. The molecule has 4 N–H and O–H groups in total. The number of carbonyl (C=O) groups excluding carboxylic acids is 5. The second kappa shape index (κ2) is 17.2. The highest BCUT2D eigenvalue weighted by molar-refractivity contribution is 6.31. The molecule has 4 fully saturated rings. The van der Waals surface area contributed by atoms with E-state index >= 15 is 4.39 Å². The molecular formula is C53H53Cl2FN6O6. The fraction of sp³-hybridized carbons (Fsp3) is 0.415. The van der Waals surface area contributed by atoms with Gasteiger partial charge >= 0.3 is 0 Å². The molecule has 5 heterocycles. The van der Waals surface area contributed by atoms with E-state index in [-0.39, 0.29) is 70.8 Å². The number of hydrogen-bond donors (Lipinski definition) is 4. The molecule has 15 heteroatoms. The number of nitrogens with one attached hydrogen (secondary N) is 4. The fourth-order valence-corrected chi connectivity index (χ4v) is 12.1. The summed E-state index contributed by atoms with van der Waals surface area (Å²) in [4.78, 5) is 70.2. The van der Waals surface area contributed by atoms with Gasteiger partial charge in [-0.15, -0.1) is 0 Å². The van der Waals surface area contributed by atoms with Gasteiger partial charge in [-0.1, -0.05) is 80.1 Å². The van der Waals surface area contributed by atoms with Crippen LogP contribution in [0.1, 0.15) is 108 Å². The van der Waals surface area contributed by atoms with E-state index in [4.69, 9.17) is 27.9 Å². The Hall–Kier alpha value is -5.94. The minimum absolute atomic E-state index is 0.0274. The number of ether oxygens (including phenoxy) is 1. The van der Waals surface area contributed by atoms with Crippen LogP contribution in [0.4, 0.5) is 15.8 Å². The number of benzene rings is 4. The lowest BCUT2D eigenvalue weighted by molar-refractivity contribution is -0.137. The average Bonchev–Trinajstić information content (AvgIpc) is 3.51. The van der Waals surface area contributed by atoms with Crippen LogP contribution in [0.2, 0.25) is 10.0 Å². The summed E-state index contributed by atoms with van der Waals surface area (Å²) in [6, 6.07) is 19.2. The molecule has 4 aromatic rings.